The SMILES string of the molecule is NNc1c(N)nc(F)nc1N. The van der Waals surface area contributed by atoms with Crippen molar-refractivity contribution in [3.63, 3.8) is 0 Å². The van der Waals surface area contributed by atoms with Gasteiger partial charge in [-0.2, -0.15) is 14.4 Å². The Morgan fingerprint density at radius 3 is 2.00 bits per heavy atom. The van der Waals surface area contributed by atoms with Crippen molar-refractivity contribution >= 4 is 17.3 Å². The molecule has 11 heavy (non-hydrogen) atoms. The Hall–Kier alpha value is -1.63. The first kappa shape index (κ1) is 7.48. The van der Waals surface area contributed by atoms with E-state index in [2.05, 4.69) is 15.4 Å². The summed E-state index contributed by atoms with van der Waals surface area (Å²) in [6.07, 6.45) is -0.973. The molecule has 0 saturated heterocycles. The molecule has 0 spiro atoms. The van der Waals surface area contributed by atoms with Crippen molar-refractivity contribution in [2.45, 2.75) is 0 Å². The fourth-order valence-electron chi connectivity index (χ4n) is 0.615. The van der Waals surface area contributed by atoms with Gasteiger partial charge in [-0.05, 0) is 0 Å². The number of nitrogen functional groups attached to an aromatic ring is 3. The maximum Gasteiger partial charge on any atom is 0.312 e. The van der Waals surface area contributed by atoms with Crippen LogP contribution in [0.15, 0.2) is 0 Å². The maximum atomic E-state index is 12.3. The molecule has 0 aliphatic heterocycles. The highest BCUT2D eigenvalue weighted by Gasteiger charge is 2.07. The Morgan fingerprint density at radius 1 is 1.18 bits per heavy atom. The molecule has 0 amide bonds. The molecule has 0 bridgehead atoms. The average molecular weight is 158 g/mol. The molecule has 7 heteroatoms. The van der Waals surface area contributed by atoms with Gasteiger partial charge in [-0.3, -0.25) is 5.84 Å². The summed E-state index contributed by atoms with van der Waals surface area (Å²) < 4.78 is 12.3. The number of hydrazine groups is 1. The van der Waals surface area contributed by atoms with Crippen LogP contribution in [0.1, 0.15) is 0 Å². The highest BCUT2D eigenvalue weighted by molar-refractivity contribution is 5.72. The van der Waals surface area contributed by atoms with Crippen molar-refractivity contribution in [2.24, 2.45) is 5.84 Å². The quantitative estimate of drug-likeness (QED) is 0.238. The van der Waals surface area contributed by atoms with Gasteiger partial charge in [-0.15, -0.1) is 0 Å². The Bertz CT molecular complexity index is 250. The van der Waals surface area contributed by atoms with E-state index in [1.165, 1.54) is 0 Å². The minimum Gasteiger partial charge on any atom is -0.382 e. The number of hydrogen-bond donors (Lipinski definition) is 4. The molecule has 0 saturated carbocycles. The largest absolute Gasteiger partial charge is 0.382 e. The molecular weight excluding hydrogens is 151 g/mol. The van der Waals surface area contributed by atoms with E-state index in [1.54, 1.807) is 0 Å². The van der Waals surface area contributed by atoms with Crippen LogP contribution in [-0.2, 0) is 0 Å². The summed E-state index contributed by atoms with van der Waals surface area (Å²) in [4.78, 5) is 6.37. The lowest BCUT2D eigenvalue weighted by Gasteiger charge is -2.04. The van der Waals surface area contributed by atoms with Crippen molar-refractivity contribution in [3.8, 4) is 0 Å². The summed E-state index contributed by atoms with van der Waals surface area (Å²) in [7, 11) is 0. The molecule has 0 aromatic carbocycles. The zero-order valence-electron chi connectivity index (χ0n) is 5.50. The monoisotopic (exact) mass is 158 g/mol. The molecule has 1 rings (SSSR count). The fraction of sp³-hybridized carbons (Fsp3) is 0. The molecule has 60 valence electrons. The molecule has 1 aromatic rings. The van der Waals surface area contributed by atoms with Gasteiger partial charge in [-0.1, -0.05) is 0 Å². The molecule has 1 heterocycles. The number of anilines is 3. The van der Waals surface area contributed by atoms with Crippen LogP contribution in [0.3, 0.4) is 0 Å². The molecule has 0 fully saturated rings. The number of nitrogens with one attached hydrogen (secondary N) is 1. The van der Waals surface area contributed by atoms with Crippen molar-refractivity contribution in [1.82, 2.24) is 9.97 Å². The number of nitrogens with two attached hydrogens (primary N) is 3. The zero-order valence-corrected chi connectivity index (χ0v) is 5.50. The maximum absolute atomic E-state index is 12.3. The lowest BCUT2D eigenvalue weighted by atomic mass is 10.4. The second-order valence-electron chi connectivity index (χ2n) is 1.78. The van der Waals surface area contributed by atoms with Gasteiger partial charge in [0.25, 0.3) is 0 Å². The predicted molar refractivity (Wildman–Crippen MR) is 38.6 cm³/mol. The van der Waals surface area contributed by atoms with E-state index in [0.29, 0.717) is 0 Å². The third-order valence-electron chi connectivity index (χ3n) is 1.08. The fourth-order valence-corrected chi connectivity index (χ4v) is 0.615. The van der Waals surface area contributed by atoms with E-state index in [9.17, 15) is 4.39 Å². The van der Waals surface area contributed by atoms with Crippen LogP contribution >= 0.6 is 0 Å². The van der Waals surface area contributed by atoms with Crippen LogP contribution in [-0.4, -0.2) is 9.97 Å². The summed E-state index contributed by atoms with van der Waals surface area (Å²) in [6, 6.07) is 0. The van der Waals surface area contributed by atoms with Gasteiger partial charge in [0.2, 0.25) is 0 Å². The molecule has 0 atom stereocenters. The van der Waals surface area contributed by atoms with Gasteiger partial charge in [0, 0.05) is 0 Å². The Kier molecular flexibility index (Phi) is 1.73. The van der Waals surface area contributed by atoms with Gasteiger partial charge in [-0.25, -0.2) is 0 Å². The van der Waals surface area contributed by atoms with Gasteiger partial charge < -0.3 is 16.9 Å². The first-order chi connectivity index (χ1) is 5.15. The molecule has 1 aromatic heterocycles. The first-order valence-electron chi connectivity index (χ1n) is 2.70. The highest BCUT2D eigenvalue weighted by atomic mass is 19.1. The summed E-state index contributed by atoms with van der Waals surface area (Å²) in [5, 5.41) is 0. The molecule has 0 aliphatic rings. The van der Waals surface area contributed by atoms with E-state index in [4.69, 9.17) is 17.3 Å². The molecule has 7 N–H and O–H groups in total. The van der Waals surface area contributed by atoms with Crippen molar-refractivity contribution in [1.29, 1.82) is 0 Å². The molecule has 6 nitrogen and oxygen atoms in total. The third-order valence-corrected chi connectivity index (χ3v) is 1.08. The van der Waals surface area contributed by atoms with Crippen LogP contribution in [0.5, 0.6) is 0 Å². The summed E-state index contributed by atoms with van der Waals surface area (Å²) in [5.41, 5.74) is 12.7. The van der Waals surface area contributed by atoms with Crippen LogP contribution in [0.4, 0.5) is 21.7 Å². The second kappa shape index (κ2) is 2.54. The standard InChI is InChI=1S/C4H7FN6/c5-4-9-2(6)1(11-8)3(7)10-4/h11H,8H2,(H4,6,7,9,10). The number of hydrogen-bond acceptors (Lipinski definition) is 6. The minimum atomic E-state index is -0.973. The lowest BCUT2D eigenvalue weighted by Crippen LogP contribution is -2.14. The summed E-state index contributed by atoms with van der Waals surface area (Å²) in [5.74, 6) is 4.76. The van der Waals surface area contributed by atoms with Gasteiger partial charge >= 0.3 is 6.08 Å². The molecule has 0 aliphatic carbocycles. The van der Waals surface area contributed by atoms with Gasteiger partial charge in [0.1, 0.15) is 5.69 Å². The summed E-state index contributed by atoms with van der Waals surface area (Å²) >= 11 is 0. The van der Waals surface area contributed by atoms with E-state index < -0.39 is 6.08 Å². The van der Waals surface area contributed by atoms with Crippen LogP contribution < -0.4 is 22.7 Å². The average Bonchev–Trinajstić information content (AvgIpc) is 1.85. The van der Waals surface area contributed by atoms with Crippen LogP contribution in [0, 0.1) is 6.08 Å². The molecular formula is C4H7FN6. The minimum absolute atomic E-state index is 0.113. The van der Waals surface area contributed by atoms with Gasteiger partial charge in [0.15, 0.2) is 11.6 Å². The van der Waals surface area contributed by atoms with Gasteiger partial charge in [0.05, 0.1) is 0 Å². The lowest BCUT2D eigenvalue weighted by molar-refractivity contribution is 0.543. The Morgan fingerprint density at radius 2 is 1.64 bits per heavy atom. The summed E-state index contributed by atoms with van der Waals surface area (Å²) in [6.45, 7) is 0. The van der Waals surface area contributed by atoms with Crippen molar-refractivity contribution < 1.29 is 4.39 Å². The normalized spacial score (nSPS) is 9.64. The second-order valence-corrected chi connectivity index (χ2v) is 1.78. The predicted octanol–water partition coefficient (Wildman–Crippen LogP) is -0.934. The highest BCUT2D eigenvalue weighted by Crippen LogP contribution is 2.19. The van der Waals surface area contributed by atoms with Crippen molar-refractivity contribution in [3.05, 3.63) is 6.08 Å². The number of rotatable bonds is 1. The Balaban J connectivity index is 3.25. The smallest absolute Gasteiger partial charge is 0.312 e. The number of nitrogens with zero attached hydrogens (tertiary/aromatic N) is 2. The first-order valence-corrected chi connectivity index (χ1v) is 2.70. The topological polar surface area (TPSA) is 116 Å². The van der Waals surface area contributed by atoms with E-state index in [-0.39, 0.29) is 17.3 Å². The van der Waals surface area contributed by atoms with Crippen LogP contribution in [0.25, 0.3) is 0 Å². The van der Waals surface area contributed by atoms with E-state index in [0.717, 1.165) is 0 Å². The third kappa shape index (κ3) is 1.27. The molecule has 0 unspecified atom stereocenters. The van der Waals surface area contributed by atoms with E-state index in [1.807, 2.05) is 0 Å². The number of halogens is 1. The molecule has 0 radical (unpaired) electrons. The Labute approximate surface area is 61.6 Å². The van der Waals surface area contributed by atoms with Crippen LogP contribution in [0.2, 0.25) is 0 Å². The number of aromatic nitrogens is 2. The van der Waals surface area contributed by atoms with E-state index >= 15 is 0 Å². The zero-order chi connectivity index (χ0) is 8.43. The van der Waals surface area contributed by atoms with Crippen molar-refractivity contribution in [2.75, 3.05) is 16.9 Å².